The van der Waals surface area contributed by atoms with Crippen molar-refractivity contribution >= 4 is 11.9 Å². The van der Waals surface area contributed by atoms with E-state index in [0.29, 0.717) is 12.8 Å². The monoisotopic (exact) mass is 526 g/mol. The van der Waals surface area contributed by atoms with E-state index in [1.165, 1.54) is 96.3 Å². The summed E-state index contributed by atoms with van der Waals surface area (Å²) in [4.78, 5) is 24.0. The zero-order valence-electron chi connectivity index (χ0n) is 24.9. The van der Waals surface area contributed by atoms with Crippen molar-refractivity contribution in [2.45, 2.75) is 175 Å². The quantitative estimate of drug-likeness (QED) is 0.0813. The Labute approximate surface area is 229 Å². The van der Waals surface area contributed by atoms with Gasteiger partial charge in [-0.25, -0.2) is 0 Å². The van der Waals surface area contributed by atoms with Crippen LogP contribution in [0.3, 0.4) is 0 Å². The third-order valence-corrected chi connectivity index (χ3v) is 7.44. The molecule has 0 aromatic carbocycles. The van der Waals surface area contributed by atoms with Gasteiger partial charge in [-0.05, 0) is 18.8 Å². The van der Waals surface area contributed by atoms with Crippen LogP contribution in [-0.4, -0.2) is 36.4 Å². The number of rotatable bonds is 28. The first-order chi connectivity index (χ1) is 18.0. The molecule has 0 saturated heterocycles. The fourth-order valence-electron chi connectivity index (χ4n) is 4.59. The van der Waals surface area contributed by atoms with Crippen molar-refractivity contribution in [1.29, 1.82) is 0 Å². The van der Waals surface area contributed by atoms with Crippen LogP contribution in [0.5, 0.6) is 0 Å². The van der Waals surface area contributed by atoms with E-state index in [-0.39, 0.29) is 25.2 Å². The highest BCUT2D eigenvalue weighted by atomic mass is 16.6. The maximum Gasteiger partial charge on any atom is 0.306 e. The van der Waals surface area contributed by atoms with Crippen LogP contribution >= 0.6 is 0 Å². The van der Waals surface area contributed by atoms with Gasteiger partial charge in [-0.2, -0.15) is 0 Å². The number of carbonyl (C=O) groups excluding carboxylic acids is 2. The summed E-state index contributed by atoms with van der Waals surface area (Å²) >= 11 is 0. The van der Waals surface area contributed by atoms with Crippen LogP contribution < -0.4 is 0 Å². The van der Waals surface area contributed by atoms with Crippen LogP contribution in [0.2, 0.25) is 0 Å². The lowest BCUT2D eigenvalue weighted by molar-refractivity contribution is -0.161. The minimum atomic E-state index is -0.760. The number of ether oxygens (including phenoxy) is 2. The molecule has 220 valence electrons. The largest absolute Gasteiger partial charge is 0.462 e. The van der Waals surface area contributed by atoms with Crippen molar-refractivity contribution in [3.8, 4) is 0 Å². The van der Waals surface area contributed by atoms with E-state index in [1.54, 1.807) is 0 Å². The summed E-state index contributed by atoms with van der Waals surface area (Å²) in [5, 5.41) is 9.47. The molecule has 0 aromatic heterocycles. The summed E-state index contributed by atoms with van der Waals surface area (Å²) in [6.45, 7) is 6.43. The molecule has 2 atom stereocenters. The van der Waals surface area contributed by atoms with Crippen LogP contribution in [-0.2, 0) is 19.1 Å². The fourth-order valence-corrected chi connectivity index (χ4v) is 4.59. The molecule has 0 spiro atoms. The van der Waals surface area contributed by atoms with Gasteiger partial charge in [-0.1, -0.05) is 143 Å². The number of unbranched alkanes of at least 4 members (excludes halogenated alkanes) is 17. The molecule has 0 bridgehead atoms. The first-order valence-corrected chi connectivity index (χ1v) is 16.0. The van der Waals surface area contributed by atoms with Crippen LogP contribution in [0.25, 0.3) is 0 Å². The summed E-state index contributed by atoms with van der Waals surface area (Å²) in [5.41, 5.74) is 0. The van der Waals surface area contributed by atoms with Gasteiger partial charge < -0.3 is 14.6 Å². The molecule has 0 aliphatic carbocycles. The minimum absolute atomic E-state index is 0.0602. The predicted octanol–water partition coefficient (Wildman–Crippen LogP) is 9.08. The molecule has 1 unspecified atom stereocenters. The summed E-state index contributed by atoms with van der Waals surface area (Å²) in [6, 6.07) is 0. The number of esters is 2. The van der Waals surface area contributed by atoms with Crippen LogP contribution in [0.4, 0.5) is 0 Å². The topological polar surface area (TPSA) is 72.8 Å². The second kappa shape index (κ2) is 27.9. The Kier molecular flexibility index (Phi) is 27.1. The Morgan fingerprint density at radius 3 is 1.51 bits per heavy atom. The molecule has 0 radical (unpaired) electrons. The van der Waals surface area contributed by atoms with Crippen molar-refractivity contribution in [3.05, 3.63) is 0 Å². The predicted molar refractivity (Wildman–Crippen MR) is 155 cm³/mol. The van der Waals surface area contributed by atoms with E-state index in [1.807, 2.05) is 0 Å². The third-order valence-electron chi connectivity index (χ3n) is 7.44. The maximum absolute atomic E-state index is 12.1. The Bertz CT molecular complexity index is 507. The number of hydrogen-bond donors (Lipinski definition) is 1. The van der Waals surface area contributed by atoms with Crippen molar-refractivity contribution in [3.63, 3.8) is 0 Å². The van der Waals surface area contributed by atoms with Gasteiger partial charge in [-0.3, -0.25) is 9.59 Å². The van der Waals surface area contributed by atoms with E-state index in [4.69, 9.17) is 9.47 Å². The summed E-state index contributed by atoms with van der Waals surface area (Å²) < 4.78 is 10.5. The molecule has 0 fully saturated rings. The van der Waals surface area contributed by atoms with Crippen molar-refractivity contribution in [2.24, 2.45) is 5.92 Å². The highest BCUT2D eigenvalue weighted by Crippen LogP contribution is 2.15. The standard InChI is InChI=1S/C32H62O5/c1-4-6-7-8-9-10-11-12-13-14-15-20-23-26-32(35)37-30(27-33)28-36-31(34)25-22-19-17-16-18-21-24-29(3)5-2/h29-30,33H,4-28H2,1-3H3/t29?,30-/m0/s1. The Hall–Kier alpha value is -1.10. The van der Waals surface area contributed by atoms with E-state index >= 15 is 0 Å². The first-order valence-electron chi connectivity index (χ1n) is 16.0. The molecule has 37 heavy (non-hydrogen) atoms. The van der Waals surface area contributed by atoms with Gasteiger partial charge in [0.15, 0.2) is 6.10 Å². The van der Waals surface area contributed by atoms with Gasteiger partial charge in [0.25, 0.3) is 0 Å². The summed E-state index contributed by atoms with van der Waals surface area (Å²) in [7, 11) is 0. The first kappa shape index (κ1) is 35.9. The van der Waals surface area contributed by atoms with Gasteiger partial charge in [0.2, 0.25) is 0 Å². The zero-order chi connectivity index (χ0) is 27.4. The maximum atomic E-state index is 12.1. The van der Waals surface area contributed by atoms with Crippen LogP contribution in [0.1, 0.15) is 168 Å². The number of aliphatic hydroxyl groups excluding tert-OH is 1. The Morgan fingerprint density at radius 1 is 0.622 bits per heavy atom. The molecular weight excluding hydrogens is 464 g/mol. The third kappa shape index (κ3) is 26.3. The summed E-state index contributed by atoms with van der Waals surface area (Å²) in [5.74, 6) is 0.241. The molecule has 5 nitrogen and oxygen atoms in total. The smallest absolute Gasteiger partial charge is 0.306 e. The average molecular weight is 527 g/mol. The molecule has 0 heterocycles. The van der Waals surface area contributed by atoms with Crippen molar-refractivity contribution < 1.29 is 24.2 Å². The molecule has 0 aliphatic rings. The number of aliphatic hydroxyl groups is 1. The SMILES string of the molecule is CCCCCCCCCCCCCCCC(=O)O[C@@H](CO)COC(=O)CCCCCCCCC(C)CC. The lowest BCUT2D eigenvalue weighted by Crippen LogP contribution is -2.28. The van der Waals surface area contributed by atoms with E-state index in [9.17, 15) is 14.7 Å². The number of carbonyl (C=O) groups is 2. The highest BCUT2D eigenvalue weighted by molar-refractivity contribution is 5.70. The molecule has 5 heteroatoms. The highest BCUT2D eigenvalue weighted by Gasteiger charge is 2.16. The second-order valence-corrected chi connectivity index (χ2v) is 11.1. The van der Waals surface area contributed by atoms with Gasteiger partial charge in [0.05, 0.1) is 6.61 Å². The molecule has 0 aliphatic heterocycles. The van der Waals surface area contributed by atoms with Crippen molar-refractivity contribution in [1.82, 2.24) is 0 Å². The normalized spacial score (nSPS) is 12.9. The molecule has 0 rings (SSSR count). The molecular formula is C32H62O5. The fraction of sp³-hybridized carbons (Fsp3) is 0.938. The Morgan fingerprint density at radius 2 is 1.05 bits per heavy atom. The summed E-state index contributed by atoms with van der Waals surface area (Å²) in [6.07, 6.45) is 25.8. The van der Waals surface area contributed by atoms with Crippen molar-refractivity contribution in [2.75, 3.05) is 13.2 Å². The molecule has 0 saturated carbocycles. The van der Waals surface area contributed by atoms with E-state index in [2.05, 4.69) is 20.8 Å². The van der Waals surface area contributed by atoms with Gasteiger partial charge in [-0.15, -0.1) is 0 Å². The van der Waals surface area contributed by atoms with E-state index < -0.39 is 6.10 Å². The lowest BCUT2D eigenvalue weighted by Gasteiger charge is -2.15. The zero-order valence-corrected chi connectivity index (χ0v) is 24.9. The van der Waals surface area contributed by atoms with E-state index in [0.717, 1.165) is 44.4 Å². The second-order valence-electron chi connectivity index (χ2n) is 11.1. The lowest BCUT2D eigenvalue weighted by atomic mass is 10.00. The molecule has 0 aromatic rings. The van der Waals surface area contributed by atoms with Gasteiger partial charge in [0, 0.05) is 12.8 Å². The minimum Gasteiger partial charge on any atom is -0.462 e. The van der Waals surface area contributed by atoms with Gasteiger partial charge >= 0.3 is 11.9 Å². The van der Waals surface area contributed by atoms with Gasteiger partial charge in [0.1, 0.15) is 6.61 Å². The molecule has 1 N–H and O–H groups in total. The van der Waals surface area contributed by atoms with Crippen LogP contribution in [0, 0.1) is 5.92 Å². The number of hydrogen-bond acceptors (Lipinski definition) is 5. The van der Waals surface area contributed by atoms with Crippen LogP contribution in [0.15, 0.2) is 0 Å². The Balaban J connectivity index is 3.58. The average Bonchev–Trinajstić information content (AvgIpc) is 2.90. The molecule has 0 amide bonds.